The summed E-state index contributed by atoms with van der Waals surface area (Å²) in [6.45, 7) is 7.36. The molecule has 0 amide bonds. The van der Waals surface area contributed by atoms with Crippen molar-refractivity contribution in [2.75, 3.05) is 5.75 Å². The Balaban J connectivity index is 3.58. The molecule has 0 radical (unpaired) electrons. The smallest absolute Gasteiger partial charge is 0.195 e. The van der Waals surface area contributed by atoms with Gasteiger partial charge in [-0.15, -0.1) is 6.58 Å². The van der Waals surface area contributed by atoms with Crippen LogP contribution < -0.4 is 0 Å². The maximum Gasteiger partial charge on any atom is 0.195 e. The normalized spacial score (nSPS) is 12.7. The molecule has 0 aliphatic heterocycles. The van der Waals surface area contributed by atoms with Crippen molar-refractivity contribution in [2.24, 2.45) is 5.92 Å². The van der Waals surface area contributed by atoms with Crippen molar-refractivity contribution < 1.29 is 4.79 Å². The van der Waals surface area contributed by atoms with Crippen LogP contribution in [0.2, 0.25) is 0 Å². The van der Waals surface area contributed by atoms with Gasteiger partial charge >= 0.3 is 0 Å². The second-order valence-electron chi connectivity index (χ2n) is 1.78. The molecule has 9 heavy (non-hydrogen) atoms. The van der Waals surface area contributed by atoms with Crippen molar-refractivity contribution in [1.82, 2.24) is 0 Å². The molecule has 0 rings (SSSR count). The van der Waals surface area contributed by atoms with Gasteiger partial charge in [0.05, 0.1) is 0 Å². The standard InChI is InChI=1S/C7H12OS/c1-4-6(3)7(8)9-5-2/h4,6H,1,5H2,2-3H3. The molecule has 52 valence electrons. The van der Waals surface area contributed by atoms with Gasteiger partial charge in [-0.1, -0.05) is 31.7 Å². The fourth-order valence-corrected chi connectivity index (χ4v) is 1.01. The first-order valence-corrected chi connectivity index (χ1v) is 4.00. The Hall–Kier alpha value is -0.240. The van der Waals surface area contributed by atoms with Crippen molar-refractivity contribution in [3.8, 4) is 0 Å². The summed E-state index contributed by atoms with van der Waals surface area (Å²) in [5.41, 5.74) is 0. The van der Waals surface area contributed by atoms with E-state index in [1.54, 1.807) is 6.08 Å². The summed E-state index contributed by atoms with van der Waals surface area (Å²) in [5, 5.41) is 0.215. The van der Waals surface area contributed by atoms with E-state index < -0.39 is 0 Å². The highest BCUT2D eigenvalue weighted by Gasteiger charge is 2.06. The Morgan fingerprint density at radius 2 is 2.44 bits per heavy atom. The zero-order chi connectivity index (χ0) is 7.28. The molecule has 0 aromatic heterocycles. The third kappa shape index (κ3) is 3.36. The lowest BCUT2D eigenvalue weighted by molar-refractivity contribution is -0.112. The molecule has 2 heteroatoms. The summed E-state index contributed by atoms with van der Waals surface area (Å²) in [6.07, 6.45) is 1.67. The van der Waals surface area contributed by atoms with Crippen LogP contribution in [0.1, 0.15) is 13.8 Å². The van der Waals surface area contributed by atoms with E-state index in [0.717, 1.165) is 5.75 Å². The number of hydrogen-bond donors (Lipinski definition) is 0. The largest absolute Gasteiger partial charge is 0.287 e. The second kappa shape index (κ2) is 4.62. The van der Waals surface area contributed by atoms with Crippen LogP contribution in [0.4, 0.5) is 0 Å². The maximum absolute atomic E-state index is 10.9. The minimum Gasteiger partial charge on any atom is -0.287 e. The van der Waals surface area contributed by atoms with E-state index in [2.05, 4.69) is 6.58 Å². The molecule has 1 nitrogen and oxygen atoms in total. The topological polar surface area (TPSA) is 17.1 Å². The van der Waals surface area contributed by atoms with E-state index in [1.165, 1.54) is 11.8 Å². The Morgan fingerprint density at radius 1 is 1.89 bits per heavy atom. The Labute approximate surface area is 60.5 Å². The van der Waals surface area contributed by atoms with Crippen LogP contribution in [0.15, 0.2) is 12.7 Å². The fraction of sp³-hybridized carbons (Fsp3) is 0.571. The molecule has 0 fully saturated rings. The highest BCUT2D eigenvalue weighted by atomic mass is 32.2. The molecule has 0 saturated carbocycles. The van der Waals surface area contributed by atoms with Crippen LogP contribution >= 0.6 is 11.8 Å². The summed E-state index contributed by atoms with van der Waals surface area (Å²) < 4.78 is 0. The average molecular weight is 144 g/mol. The van der Waals surface area contributed by atoms with E-state index in [-0.39, 0.29) is 11.0 Å². The monoisotopic (exact) mass is 144 g/mol. The molecule has 0 saturated heterocycles. The molecule has 0 bridgehead atoms. The van der Waals surface area contributed by atoms with Crippen molar-refractivity contribution in [2.45, 2.75) is 13.8 Å². The first kappa shape index (κ1) is 8.76. The molecular weight excluding hydrogens is 132 g/mol. The highest BCUT2D eigenvalue weighted by molar-refractivity contribution is 8.13. The van der Waals surface area contributed by atoms with E-state index in [1.807, 2.05) is 13.8 Å². The van der Waals surface area contributed by atoms with Gasteiger partial charge in [0.25, 0.3) is 0 Å². The van der Waals surface area contributed by atoms with Crippen LogP contribution in [0.25, 0.3) is 0 Å². The van der Waals surface area contributed by atoms with E-state index >= 15 is 0 Å². The van der Waals surface area contributed by atoms with Crippen LogP contribution in [-0.4, -0.2) is 10.9 Å². The molecule has 0 N–H and O–H groups in total. The molecule has 0 heterocycles. The predicted octanol–water partition coefficient (Wildman–Crippen LogP) is 2.09. The van der Waals surface area contributed by atoms with Crippen LogP contribution in [-0.2, 0) is 4.79 Å². The van der Waals surface area contributed by atoms with Gasteiger partial charge in [-0.2, -0.15) is 0 Å². The lowest BCUT2D eigenvalue weighted by atomic mass is 10.2. The quantitative estimate of drug-likeness (QED) is 0.564. The van der Waals surface area contributed by atoms with Gasteiger partial charge in [0, 0.05) is 5.92 Å². The van der Waals surface area contributed by atoms with Crippen molar-refractivity contribution in [3.05, 3.63) is 12.7 Å². The van der Waals surface area contributed by atoms with Gasteiger partial charge < -0.3 is 0 Å². The van der Waals surface area contributed by atoms with Gasteiger partial charge in [0.15, 0.2) is 5.12 Å². The second-order valence-corrected chi connectivity index (χ2v) is 3.04. The summed E-state index contributed by atoms with van der Waals surface area (Å²) in [6, 6.07) is 0. The van der Waals surface area contributed by atoms with Gasteiger partial charge in [-0.25, -0.2) is 0 Å². The minimum absolute atomic E-state index is 0.00921. The predicted molar refractivity (Wildman–Crippen MR) is 42.5 cm³/mol. The first-order valence-electron chi connectivity index (χ1n) is 3.01. The highest BCUT2D eigenvalue weighted by Crippen LogP contribution is 2.10. The van der Waals surface area contributed by atoms with Gasteiger partial charge in [-0.3, -0.25) is 4.79 Å². The Morgan fingerprint density at radius 3 is 2.78 bits per heavy atom. The number of allylic oxidation sites excluding steroid dienone is 1. The summed E-state index contributed by atoms with van der Waals surface area (Å²) >= 11 is 1.35. The Bertz CT molecular complexity index is 109. The third-order valence-corrected chi connectivity index (χ3v) is 1.96. The lowest BCUT2D eigenvalue weighted by Crippen LogP contribution is -2.02. The number of rotatable bonds is 3. The molecule has 0 aromatic carbocycles. The Kier molecular flexibility index (Phi) is 4.50. The van der Waals surface area contributed by atoms with Crippen molar-refractivity contribution in [1.29, 1.82) is 0 Å². The van der Waals surface area contributed by atoms with Gasteiger partial charge in [0.1, 0.15) is 0 Å². The maximum atomic E-state index is 10.9. The van der Waals surface area contributed by atoms with Crippen LogP contribution in [0.3, 0.4) is 0 Å². The van der Waals surface area contributed by atoms with Crippen molar-refractivity contribution >= 4 is 16.9 Å². The van der Waals surface area contributed by atoms with Gasteiger partial charge in [0.2, 0.25) is 0 Å². The molecule has 0 aliphatic carbocycles. The number of hydrogen-bond acceptors (Lipinski definition) is 2. The van der Waals surface area contributed by atoms with Gasteiger partial charge in [-0.05, 0) is 5.75 Å². The molecule has 0 aliphatic rings. The SMILES string of the molecule is C=CC(C)C(=O)SCC. The third-order valence-electron chi connectivity index (χ3n) is 1.01. The average Bonchev–Trinajstić information content (AvgIpc) is 1.87. The zero-order valence-corrected chi connectivity index (χ0v) is 6.70. The summed E-state index contributed by atoms with van der Waals surface area (Å²) in [7, 11) is 0. The van der Waals surface area contributed by atoms with E-state index in [0.29, 0.717) is 0 Å². The zero-order valence-electron chi connectivity index (χ0n) is 5.89. The van der Waals surface area contributed by atoms with Crippen molar-refractivity contribution in [3.63, 3.8) is 0 Å². The molecule has 0 aromatic rings. The molecule has 1 unspecified atom stereocenters. The number of thioether (sulfide) groups is 1. The fourth-order valence-electron chi connectivity index (χ4n) is 0.370. The number of carbonyl (C=O) groups is 1. The van der Waals surface area contributed by atoms with Crippen LogP contribution in [0, 0.1) is 5.92 Å². The molecule has 1 atom stereocenters. The molecular formula is C7H12OS. The lowest BCUT2D eigenvalue weighted by Gasteiger charge is -2.00. The summed E-state index contributed by atoms with van der Waals surface area (Å²) in [4.78, 5) is 10.9. The van der Waals surface area contributed by atoms with Crippen LogP contribution in [0.5, 0.6) is 0 Å². The van der Waals surface area contributed by atoms with E-state index in [9.17, 15) is 4.79 Å². The van der Waals surface area contributed by atoms with E-state index in [4.69, 9.17) is 0 Å². The number of carbonyl (C=O) groups excluding carboxylic acids is 1. The first-order chi connectivity index (χ1) is 4.22. The molecule has 0 spiro atoms. The minimum atomic E-state index is 0.00921. The summed E-state index contributed by atoms with van der Waals surface area (Å²) in [5.74, 6) is 0.867.